The van der Waals surface area contributed by atoms with E-state index >= 15 is 0 Å². The summed E-state index contributed by atoms with van der Waals surface area (Å²) in [7, 11) is 0. The maximum Gasteiger partial charge on any atom is 0.139 e. The van der Waals surface area contributed by atoms with E-state index < -0.39 is 0 Å². The van der Waals surface area contributed by atoms with Crippen molar-refractivity contribution in [1.29, 1.82) is 0 Å². The first-order valence-electron chi connectivity index (χ1n) is 4.62. The Balaban J connectivity index is 2.58. The second kappa shape index (κ2) is 3.45. The topological polar surface area (TPSA) is 13.1 Å². The van der Waals surface area contributed by atoms with E-state index in [0.717, 1.165) is 5.39 Å². The molecule has 0 bridgehead atoms. The third kappa shape index (κ3) is 1.52. The molecule has 1 radical (unpaired) electrons. The third-order valence-electron chi connectivity index (χ3n) is 2.20. The first-order chi connectivity index (χ1) is 6.68. The Hall–Kier alpha value is -1.31. The average molecular weight is 191 g/mol. The van der Waals surface area contributed by atoms with Crippen molar-refractivity contribution in [1.82, 2.24) is 0 Å². The van der Waals surface area contributed by atoms with E-state index in [1.807, 2.05) is 19.9 Å². The standard InChI is InChI=1S/C12H12FO/c1-8(2)7-10-11(13)4-3-9-5-6-14-12(9)10/h3-6H,7H2,1-2H3. The lowest BCUT2D eigenvalue weighted by Crippen LogP contribution is -1.96. The van der Waals surface area contributed by atoms with Crippen LogP contribution in [0.25, 0.3) is 11.0 Å². The lowest BCUT2D eigenvalue weighted by molar-refractivity contribution is 0.582. The molecule has 2 rings (SSSR count). The van der Waals surface area contributed by atoms with Crippen molar-refractivity contribution in [3.8, 4) is 0 Å². The molecule has 0 aliphatic heterocycles. The summed E-state index contributed by atoms with van der Waals surface area (Å²) in [4.78, 5) is 0. The normalized spacial score (nSPS) is 11.4. The molecule has 1 aromatic carbocycles. The van der Waals surface area contributed by atoms with E-state index in [1.165, 1.54) is 12.0 Å². The number of fused-ring (bicyclic) bond motifs is 1. The highest BCUT2D eigenvalue weighted by Crippen LogP contribution is 2.25. The van der Waals surface area contributed by atoms with Crippen LogP contribution in [-0.2, 0) is 6.42 Å². The van der Waals surface area contributed by atoms with Crippen LogP contribution in [0.1, 0.15) is 19.4 Å². The highest BCUT2D eigenvalue weighted by Gasteiger charge is 2.11. The molecule has 1 aromatic heterocycles. The molecule has 1 heterocycles. The van der Waals surface area contributed by atoms with Gasteiger partial charge in [-0.1, -0.05) is 13.8 Å². The third-order valence-corrected chi connectivity index (χ3v) is 2.20. The van der Waals surface area contributed by atoms with Crippen molar-refractivity contribution in [3.63, 3.8) is 0 Å². The van der Waals surface area contributed by atoms with E-state index in [0.29, 0.717) is 17.6 Å². The fourth-order valence-corrected chi connectivity index (χ4v) is 1.59. The molecule has 0 fully saturated rings. The summed E-state index contributed by atoms with van der Waals surface area (Å²) in [6, 6.07) is 5.09. The summed E-state index contributed by atoms with van der Waals surface area (Å²) >= 11 is 0. The van der Waals surface area contributed by atoms with E-state index in [2.05, 4.69) is 0 Å². The monoisotopic (exact) mass is 191 g/mol. The van der Waals surface area contributed by atoms with Gasteiger partial charge in [0, 0.05) is 10.9 Å². The first kappa shape index (κ1) is 9.25. The van der Waals surface area contributed by atoms with Crippen LogP contribution >= 0.6 is 0 Å². The van der Waals surface area contributed by atoms with Crippen molar-refractivity contribution in [2.24, 2.45) is 0 Å². The Morgan fingerprint density at radius 2 is 2.07 bits per heavy atom. The molecule has 73 valence electrons. The Morgan fingerprint density at radius 1 is 1.29 bits per heavy atom. The molecule has 0 spiro atoms. The van der Waals surface area contributed by atoms with Gasteiger partial charge in [0.1, 0.15) is 11.4 Å². The summed E-state index contributed by atoms with van der Waals surface area (Å²) < 4.78 is 18.8. The van der Waals surface area contributed by atoms with Gasteiger partial charge in [-0.25, -0.2) is 4.39 Å². The minimum absolute atomic E-state index is 0.186. The van der Waals surface area contributed by atoms with Gasteiger partial charge in [0.2, 0.25) is 0 Å². The quantitative estimate of drug-likeness (QED) is 0.705. The predicted molar refractivity (Wildman–Crippen MR) is 54.5 cm³/mol. The maximum atomic E-state index is 13.5. The molecule has 0 atom stereocenters. The molecule has 14 heavy (non-hydrogen) atoms. The molecule has 0 aliphatic carbocycles. The Morgan fingerprint density at radius 3 is 2.79 bits per heavy atom. The molecule has 2 heteroatoms. The largest absolute Gasteiger partial charge is 0.464 e. The summed E-state index contributed by atoms with van der Waals surface area (Å²) in [6.07, 6.45) is 2.23. The van der Waals surface area contributed by atoms with Crippen LogP contribution in [0.3, 0.4) is 0 Å². The highest BCUT2D eigenvalue weighted by atomic mass is 19.1. The second-order valence-corrected chi connectivity index (χ2v) is 3.75. The van der Waals surface area contributed by atoms with Gasteiger partial charge in [-0.3, -0.25) is 0 Å². The number of benzene rings is 1. The molecule has 0 aliphatic rings. The average Bonchev–Trinajstić information content (AvgIpc) is 2.57. The van der Waals surface area contributed by atoms with E-state index in [-0.39, 0.29) is 5.82 Å². The number of furan rings is 1. The van der Waals surface area contributed by atoms with Gasteiger partial charge in [-0.2, -0.15) is 0 Å². The van der Waals surface area contributed by atoms with Crippen LogP contribution in [0, 0.1) is 11.7 Å². The van der Waals surface area contributed by atoms with Crippen LogP contribution in [0.15, 0.2) is 28.9 Å². The molecule has 0 amide bonds. The molecule has 0 saturated heterocycles. The van der Waals surface area contributed by atoms with Crippen molar-refractivity contribution in [3.05, 3.63) is 41.8 Å². The van der Waals surface area contributed by atoms with E-state index in [4.69, 9.17) is 4.42 Å². The second-order valence-electron chi connectivity index (χ2n) is 3.75. The summed E-state index contributed by atoms with van der Waals surface area (Å²) in [5.41, 5.74) is 1.33. The Labute approximate surface area is 82.5 Å². The fraction of sp³-hybridized carbons (Fsp3) is 0.250. The Kier molecular flexibility index (Phi) is 2.28. The zero-order valence-electron chi connectivity index (χ0n) is 8.30. The van der Waals surface area contributed by atoms with Crippen LogP contribution in [0.5, 0.6) is 0 Å². The predicted octanol–water partition coefficient (Wildman–Crippen LogP) is 3.73. The first-order valence-corrected chi connectivity index (χ1v) is 4.62. The molecular weight excluding hydrogens is 179 g/mol. The number of rotatable bonds is 2. The van der Waals surface area contributed by atoms with Gasteiger partial charge in [-0.15, -0.1) is 0 Å². The van der Waals surface area contributed by atoms with Crippen LogP contribution < -0.4 is 0 Å². The summed E-state index contributed by atoms with van der Waals surface area (Å²) in [5, 5.41) is 0.961. The van der Waals surface area contributed by atoms with Gasteiger partial charge in [0.25, 0.3) is 0 Å². The number of hydrogen-bond donors (Lipinski definition) is 0. The van der Waals surface area contributed by atoms with E-state index in [9.17, 15) is 4.39 Å². The lowest BCUT2D eigenvalue weighted by atomic mass is 10.0. The molecule has 0 unspecified atom stereocenters. The fourth-order valence-electron chi connectivity index (χ4n) is 1.59. The van der Waals surface area contributed by atoms with Crippen molar-refractivity contribution in [2.75, 3.05) is 0 Å². The van der Waals surface area contributed by atoms with Crippen molar-refractivity contribution >= 4 is 11.0 Å². The van der Waals surface area contributed by atoms with Crippen molar-refractivity contribution < 1.29 is 8.81 Å². The lowest BCUT2D eigenvalue weighted by Gasteiger charge is -2.06. The van der Waals surface area contributed by atoms with Crippen LogP contribution in [-0.4, -0.2) is 0 Å². The molecule has 2 aromatic rings. The minimum Gasteiger partial charge on any atom is -0.464 e. The van der Waals surface area contributed by atoms with Crippen LogP contribution in [0.2, 0.25) is 0 Å². The smallest absolute Gasteiger partial charge is 0.139 e. The zero-order valence-corrected chi connectivity index (χ0v) is 8.30. The SMILES string of the molecule is C[C](C)Cc1c(F)ccc2ccoc12. The summed E-state index contributed by atoms with van der Waals surface area (Å²) in [6.45, 7) is 3.97. The zero-order chi connectivity index (χ0) is 10.1. The number of hydrogen-bond acceptors (Lipinski definition) is 1. The number of halogens is 1. The van der Waals surface area contributed by atoms with Gasteiger partial charge in [-0.05, 0) is 30.5 Å². The maximum absolute atomic E-state index is 13.5. The molecular formula is C12H12FO. The molecule has 1 nitrogen and oxygen atoms in total. The van der Waals surface area contributed by atoms with Gasteiger partial charge >= 0.3 is 0 Å². The minimum atomic E-state index is -0.186. The molecule has 0 saturated carbocycles. The van der Waals surface area contributed by atoms with Crippen LogP contribution in [0.4, 0.5) is 4.39 Å². The van der Waals surface area contributed by atoms with E-state index in [1.54, 1.807) is 12.3 Å². The van der Waals surface area contributed by atoms with Gasteiger partial charge < -0.3 is 4.42 Å². The van der Waals surface area contributed by atoms with Crippen molar-refractivity contribution in [2.45, 2.75) is 20.3 Å². The van der Waals surface area contributed by atoms with Gasteiger partial charge in [0.15, 0.2) is 0 Å². The Bertz CT molecular complexity index is 443. The molecule has 0 N–H and O–H groups in total. The highest BCUT2D eigenvalue weighted by molar-refractivity contribution is 5.80. The summed E-state index contributed by atoms with van der Waals surface area (Å²) in [5.74, 6) is 0.987. The van der Waals surface area contributed by atoms with Gasteiger partial charge in [0.05, 0.1) is 6.26 Å².